The minimum absolute atomic E-state index is 0.178. The van der Waals surface area contributed by atoms with Crippen molar-refractivity contribution in [2.45, 2.75) is 38.2 Å². The number of nitrogens with one attached hydrogen (secondary N) is 1. The van der Waals surface area contributed by atoms with E-state index < -0.39 is 11.9 Å². The van der Waals surface area contributed by atoms with Gasteiger partial charge in [0.2, 0.25) is 0 Å². The predicted octanol–water partition coefficient (Wildman–Crippen LogP) is 1.06. The second kappa shape index (κ2) is 5.77. The molecule has 0 aromatic carbocycles. The summed E-state index contributed by atoms with van der Waals surface area (Å²) in [7, 11) is 0. The molecule has 2 atom stereocenters. The number of carbonyl (C=O) groups is 2. The molecule has 0 spiro atoms. The zero-order chi connectivity index (χ0) is 13.9. The van der Waals surface area contributed by atoms with Gasteiger partial charge in [0.15, 0.2) is 0 Å². The Hall–Kier alpha value is -1.30. The number of aliphatic carboxylic acids is 1. The Balaban J connectivity index is 1.80. The molecule has 0 aliphatic carbocycles. The van der Waals surface area contributed by atoms with E-state index >= 15 is 0 Å². The van der Waals surface area contributed by atoms with Gasteiger partial charge in [-0.15, -0.1) is 0 Å². The monoisotopic (exact) mass is 270 g/mol. The van der Waals surface area contributed by atoms with Crippen molar-refractivity contribution in [2.24, 2.45) is 5.92 Å². The minimum atomic E-state index is -0.816. The standard InChI is InChI=1S/C13H22N2O4/c1-13(5-3-7-19-13)9-14-12(18)15-6-2-4-10(8-15)11(16)17/h10H,2-9H2,1H3,(H,14,18)(H,16,17)/t10-,13?/m0/s1. The summed E-state index contributed by atoms with van der Waals surface area (Å²) in [5.41, 5.74) is -0.266. The number of amides is 2. The summed E-state index contributed by atoms with van der Waals surface area (Å²) in [5, 5.41) is 11.9. The number of ether oxygens (including phenoxy) is 1. The third-order valence-electron chi connectivity index (χ3n) is 3.97. The smallest absolute Gasteiger partial charge is 0.317 e. The molecule has 19 heavy (non-hydrogen) atoms. The third kappa shape index (κ3) is 3.59. The molecule has 2 aliphatic heterocycles. The molecule has 2 N–H and O–H groups in total. The SMILES string of the molecule is CC1(CNC(=O)N2CCC[C@H](C(=O)O)C2)CCCO1. The van der Waals surface area contributed by atoms with E-state index in [4.69, 9.17) is 9.84 Å². The van der Waals surface area contributed by atoms with E-state index in [2.05, 4.69) is 5.32 Å². The van der Waals surface area contributed by atoms with Crippen LogP contribution < -0.4 is 5.32 Å². The van der Waals surface area contributed by atoms with Crippen molar-refractivity contribution < 1.29 is 19.4 Å². The van der Waals surface area contributed by atoms with Crippen LogP contribution in [0, 0.1) is 5.92 Å². The first-order valence-electron chi connectivity index (χ1n) is 6.90. The summed E-state index contributed by atoms with van der Waals surface area (Å²) < 4.78 is 5.61. The molecule has 6 heteroatoms. The second-order valence-electron chi connectivity index (χ2n) is 5.68. The maximum atomic E-state index is 12.0. The molecule has 2 rings (SSSR count). The van der Waals surface area contributed by atoms with Crippen LogP contribution in [-0.4, -0.2) is 53.8 Å². The van der Waals surface area contributed by atoms with Crippen LogP contribution in [0.25, 0.3) is 0 Å². The highest BCUT2D eigenvalue weighted by Crippen LogP contribution is 2.24. The van der Waals surface area contributed by atoms with Crippen molar-refractivity contribution in [1.29, 1.82) is 0 Å². The fraction of sp³-hybridized carbons (Fsp3) is 0.846. The lowest BCUT2D eigenvalue weighted by Crippen LogP contribution is -2.50. The molecule has 2 fully saturated rings. The van der Waals surface area contributed by atoms with E-state index in [0.717, 1.165) is 25.9 Å². The summed E-state index contributed by atoms with van der Waals surface area (Å²) in [5.74, 6) is -1.25. The van der Waals surface area contributed by atoms with E-state index in [9.17, 15) is 9.59 Å². The largest absolute Gasteiger partial charge is 0.481 e. The van der Waals surface area contributed by atoms with Crippen molar-refractivity contribution in [2.75, 3.05) is 26.2 Å². The highest BCUT2D eigenvalue weighted by molar-refractivity contribution is 5.76. The fourth-order valence-electron chi connectivity index (χ4n) is 2.71. The van der Waals surface area contributed by atoms with Crippen molar-refractivity contribution in [3.05, 3.63) is 0 Å². The first-order valence-corrected chi connectivity index (χ1v) is 6.90. The van der Waals surface area contributed by atoms with Crippen LogP contribution >= 0.6 is 0 Å². The highest BCUT2D eigenvalue weighted by Gasteiger charge is 2.32. The molecule has 2 heterocycles. The van der Waals surface area contributed by atoms with Crippen molar-refractivity contribution in [3.8, 4) is 0 Å². The number of hydrogen-bond donors (Lipinski definition) is 2. The van der Waals surface area contributed by atoms with E-state index in [1.54, 1.807) is 4.90 Å². The number of carbonyl (C=O) groups excluding carboxylic acids is 1. The summed E-state index contributed by atoms with van der Waals surface area (Å²) >= 11 is 0. The molecule has 0 bridgehead atoms. The lowest BCUT2D eigenvalue weighted by Gasteiger charge is -2.32. The number of nitrogens with zero attached hydrogens (tertiary/aromatic N) is 1. The Morgan fingerprint density at radius 1 is 1.47 bits per heavy atom. The number of carboxylic acid groups (broad SMARTS) is 1. The summed E-state index contributed by atoms with van der Waals surface area (Å²) in [6.45, 7) is 4.17. The third-order valence-corrected chi connectivity index (χ3v) is 3.97. The lowest BCUT2D eigenvalue weighted by atomic mass is 9.98. The predicted molar refractivity (Wildman–Crippen MR) is 68.9 cm³/mol. The van der Waals surface area contributed by atoms with Gasteiger partial charge < -0.3 is 20.1 Å². The Kier molecular flexibility index (Phi) is 4.29. The fourth-order valence-corrected chi connectivity index (χ4v) is 2.71. The molecule has 2 amide bonds. The molecule has 0 aromatic heterocycles. The molecular weight excluding hydrogens is 248 g/mol. The van der Waals surface area contributed by atoms with Crippen molar-refractivity contribution in [1.82, 2.24) is 10.2 Å². The van der Waals surface area contributed by atoms with Gasteiger partial charge in [0.25, 0.3) is 0 Å². The van der Waals surface area contributed by atoms with Crippen LogP contribution in [0.5, 0.6) is 0 Å². The average molecular weight is 270 g/mol. The molecule has 0 saturated carbocycles. The first kappa shape index (κ1) is 14.1. The Labute approximate surface area is 113 Å². The maximum absolute atomic E-state index is 12.0. The average Bonchev–Trinajstić information content (AvgIpc) is 2.83. The summed E-state index contributed by atoms with van der Waals surface area (Å²) in [4.78, 5) is 24.6. The van der Waals surface area contributed by atoms with Crippen LogP contribution in [0.4, 0.5) is 4.79 Å². The van der Waals surface area contributed by atoms with Gasteiger partial charge in [-0.05, 0) is 32.6 Å². The number of piperidine rings is 1. The highest BCUT2D eigenvalue weighted by atomic mass is 16.5. The van der Waals surface area contributed by atoms with Crippen LogP contribution in [0.1, 0.15) is 32.6 Å². The lowest BCUT2D eigenvalue weighted by molar-refractivity contribution is -0.143. The van der Waals surface area contributed by atoms with Gasteiger partial charge in [-0.2, -0.15) is 0 Å². The van der Waals surface area contributed by atoms with Crippen molar-refractivity contribution >= 4 is 12.0 Å². The molecule has 1 unspecified atom stereocenters. The van der Waals surface area contributed by atoms with Gasteiger partial charge in [0, 0.05) is 26.2 Å². The van der Waals surface area contributed by atoms with Crippen molar-refractivity contribution in [3.63, 3.8) is 0 Å². The van der Waals surface area contributed by atoms with Crippen LogP contribution in [0.15, 0.2) is 0 Å². The normalized spacial score (nSPS) is 31.2. The molecular formula is C13H22N2O4. The molecule has 2 saturated heterocycles. The molecule has 6 nitrogen and oxygen atoms in total. The number of urea groups is 1. The quantitative estimate of drug-likeness (QED) is 0.803. The van der Waals surface area contributed by atoms with Gasteiger partial charge >= 0.3 is 12.0 Å². The number of rotatable bonds is 3. The minimum Gasteiger partial charge on any atom is -0.481 e. The topological polar surface area (TPSA) is 78.9 Å². The van der Waals surface area contributed by atoms with E-state index in [-0.39, 0.29) is 11.6 Å². The van der Waals surface area contributed by atoms with Crippen LogP contribution in [0.3, 0.4) is 0 Å². The first-order chi connectivity index (χ1) is 9.00. The number of likely N-dealkylation sites (tertiary alicyclic amines) is 1. The number of hydrogen-bond acceptors (Lipinski definition) is 3. The van der Waals surface area contributed by atoms with E-state index in [1.807, 2.05) is 6.92 Å². The van der Waals surface area contributed by atoms with Gasteiger partial charge in [0.05, 0.1) is 11.5 Å². The van der Waals surface area contributed by atoms with Gasteiger partial charge in [-0.1, -0.05) is 0 Å². The van der Waals surface area contributed by atoms with Gasteiger partial charge in [-0.25, -0.2) is 4.79 Å². The summed E-state index contributed by atoms with van der Waals surface area (Å²) in [6, 6.07) is -0.178. The molecule has 0 radical (unpaired) electrons. The zero-order valence-electron chi connectivity index (χ0n) is 11.4. The van der Waals surface area contributed by atoms with E-state index in [0.29, 0.717) is 26.1 Å². The molecule has 108 valence electrons. The van der Waals surface area contributed by atoms with Crippen LogP contribution in [-0.2, 0) is 9.53 Å². The van der Waals surface area contributed by atoms with E-state index in [1.165, 1.54) is 0 Å². The van der Waals surface area contributed by atoms with Crippen LogP contribution in [0.2, 0.25) is 0 Å². The Bertz CT molecular complexity index is 353. The molecule has 0 aromatic rings. The molecule has 2 aliphatic rings. The second-order valence-corrected chi connectivity index (χ2v) is 5.68. The summed E-state index contributed by atoms with van der Waals surface area (Å²) in [6.07, 6.45) is 3.38. The Morgan fingerprint density at radius 2 is 2.26 bits per heavy atom. The zero-order valence-corrected chi connectivity index (χ0v) is 11.4. The van der Waals surface area contributed by atoms with Gasteiger partial charge in [-0.3, -0.25) is 4.79 Å². The van der Waals surface area contributed by atoms with Gasteiger partial charge in [0.1, 0.15) is 0 Å². The number of carboxylic acids is 1. The maximum Gasteiger partial charge on any atom is 0.317 e. The Morgan fingerprint density at radius 3 is 2.89 bits per heavy atom.